The van der Waals surface area contributed by atoms with Crippen molar-refractivity contribution in [3.05, 3.63) is 22.8 Å². The Kier molecular flexibility index (Phi) is 5.57. The van der Waals surface area contributed by atoms with Gasteiger partial charge in [-0.15, -0.1) is 0 Å². The molecular formula is C13H19ClN2O3. The van der Waals surface area contributed by atoms with Crippen molar-refractivity contribution in [2.75, 3.05) is 18.5 Å². The highest BCUT2D eigenvalue weighted by atomic mass is 35.5. The molecule has 0 bridgehead atoms. The smallest absolute Gasteiger partial charge is 0.337 e. The van der Waals surface area contributed by atoms with E-state index in [-0.39, 0.29) is 22.6 Å². The number of aliphatic hydroxyl groups is 1. The quantitative estimate of drug-likeness (QED) is 0.718. The van der Waals surface area contributed by atoms with Crippen LogP contribution in [-0.4, -0.2) is 34.3 Å². The van der Waals surface area contributed by atoms with Crippen LogP contribution in [0.15, 0.2) is 12.3 Å². The number of aromatic nitrogens is 1. The van der Waals surface area contributed by atoms with Crippen LogP contribution in [0, 0.1) is 5.41 Å². The molecule has 0 unspecified atom stereocenters. The van der Waals surface area contributed by atoms with E-state index in [1.165, 1.54) is 12.3 Å². The molecule has 0 saturated carbocycles. The summed E-state index contributed by atoms with van der Waals surface area (Å²) in [6.07, 6.45) is 3.00. The molecule has 0 atom stereocenters. The summed E-state index contributed by atoms with van der Waals surface area (Å²) in [6, 6.07) is 1.37. The van der Waals surface area contributed by atoms with Gasteiger partial charge in [-0.2, -0.15) is 0 Å². The molecule has 0 aliphatic heterocycles. The Bertz CT molecular complexity index is 450. The van der Waals surface area contributed by atoms with Gasteiger partial charge in [0.15, 0.2) is 0 Å². The zero-order valence-corrected chi connectivity index (χ0v) is 11.9. The SMILES string of the molecule is CC(C)(CCCO)CNc1nccc(C(=O)O)c1Cl. The number of nitrogens with one attached hydrogen (secondary N) is 1. The number of carboxylic acid groups (broad SMARTS) is 1. The van der Waals surface area contributed by atoms with E-state index < -0.39 is 5.97 Å². The zero-order valence-electron chi connectivity index (χ0n) is 11.1. The fraction of sp³-hybridized carbons (Fsp3) is 0.538. The van der Waals surface area contributed by atoms with Gasteiger partial charge in [-0.05, 0) is 24.3 Å². The lowest BCUT2D eigenvalue weighted by atomic mass is 9.88. The zero-order chi connectivity index (χ0) is 14.5. The molecule has 19 heavy (non-hydrogen) atoms. The summed E-state index contributed by atoms with van der Waals surface area (Å²) in [5, 5.41) is 21.0. The molecule has 0 aliphatic rings. The molecule has 0 saturated heterocycles. The van der Waals surface area contributed by atoms with E-state index in [0.717, 1.165) is 12.8 Å². The molecule has 1 heterocycles. The van der Waals surface area contributed by atoms with E-state index in [2.05, 4.69) is 24.1 Å². The average Bonchev–Trinajstić information content (AvgIpc) is 2.35. The van der Waals surface area contributed by atoms with Gasteiger partial charge < -0.3 is 15.5 Å². The lowest BCUT2D eigenvalue weighted by Crippen LogP contribution is -2.24. The molecule has 0 amide bonds. The predicted molar refractivity (Wildman–Crippen MR) is 74.8 cm³/mol. The fourth-order valence-electron chi connectivity index (χ4n) is 1.70. The summed E-state index contributed by atoms with van der Waals surface area (Å²) in [6.45, 7) is 4.88. The Morgan fingerprint density at radius 2 is 2.21 bits per heavy atom. The molecule has 1 aromatic heterocycles. The second-order valence-electron chi connectivity index (χ2n) is 5.17. The Hall–Kier alpha value is -1.33. The first-order valence-corrected chi connectivity index (χ1v) is 6.48. The van der Waals surface area contributed by atoms with E-state index in [0.29, 0.717) is 12.4 Å². The van der Waals surface area contributed by atoms with Gasteiger partial charge in [0.1, 0.15) is 5.82 Å². The average molecular weight is 287 g/mol. The summed E-state index contributed by atoms with van der Waals surface area (Å²) in [7, 11) is 0. The summed E-state index contributed by atoms with van der Waals surface area (Å²) < 4.78 is 0. The molecule has 1 rings (SSSR count). The van der Waals surface area contributed by atoms with Crippen molar-refractivity contribution in [1.29, 1.82) is 0 Å². The Balaban J connectivity index is 2.73. The topological polar surface area (TPSA) is 82.5 Å². The third-order valence-corrected chi connectivity index (χ3v) is 3.25. The van der Waals surface area contributed by atoms with E-state index >= 15 is 0 Å². The van der Waals surface area contributed by atoms with Gasteiger partial charge >= 0.3 is 5.97 Å². The summed E-state index contributed by atoms with van der Waals surface area (Å²) in [5.74, 6) is -0.700. The molecule has 0 aliphatic carbocycles. The van der Waals surface area contributed by atoms with E-state index in [1.54, 1.807) is 0 Å². The van der Waals surface area contributed by atoms with Gasteiger partial charge in [-0.1, -0.05) is 25.4 Å². The van der Waals surface area contributed by atoms with Crippen molar-refractivity contribution in [3.63, 3.8) is 0 Å². The van der Waals surface area contributed by atoms with Crippen molar-refractivity contribution in [2.45, 2.75) is 26.7 Å². The maximum Gasteiger partial charge on any atom is 0.337 e. The van der Waals surface area contributed by atoms with E-state index in [9.17, 15) is 4.79 Å². The second kappa shape index (κ2) is 6.73. The summed E-state index contributed by atoms with van der Waals surface area (Å²) in [5.41, 5.74) is -0.000189. The number of hydrogen-bond acceptors (Lipinski definition) is 4. The standard InChI is InChI=1S/C13H19ClN2O3/c1-13(2,5-3-7-17)8-16-11-10(14)9(12(18)19)4-6-15-11/h4,6,17H,3,5,7-8H2,1-2H3,(H,15,16)(H,18,19). The second-order valence-corrected chi connectivity index (χ2v) is 5.55. The number of aliphatic hydroxyl groups excluding tert-OH is 1. The van der Waals surface area contributed by atoms with Crippen LogP contribution in [0.25, 0.3) is 0 Å². The van der Waals surface area contributed by atoms with Crippen LogP contribution in [0.1, 0.15) is 37.0 Å². The summed E-state index contributed by atoms with van der Waals surface area (Å²) >= 11 is 5.99. The van der Waals surface area contributed by atoms with Crippen molar-refractivity contribution >= 4 is 23.4 Å². The number of pyridine rings is 1. The van der Waals surface area contributed by atoms with Crippen LogP contribution in [0.3, 0.4) is 0 Å². The molecule has 0 aromatic carbocycles. The number of aromatic carboxylic acids is 1. The minimum atomic E-state index is -1.07. The number of carboxylic acids is 1. The minimum Gasteiger partial charge on any atom is -0.478 e. The van der Waals surface area contributed by atoms with Gasteiger partial charge in [-0.25, -0.2) is 9.78 Å². The molecule has 0 fully saturated rings. The van der Waals surface area contributed by atoms with Crippen LogP contribution in [0.2, 0.25) is 5.02 Å². The molecule has 3 N–H and O–H groups in total. The van der Waals surface area contributed by atoms with Gasteiger partial charge in [0.2, 0.25) is 0 Å². The first kappa shape index (κ1) is 15.7. The highest BCUT2D eigenvalue weighted by Gasteiger charge is 2.19. The molecule has 1 aromatic rings. The van der Waals surface area contributed by atoms with Gasteiger partial charge in [0, 0.05) is 19.3 Å². The lowest BCUT2D eigenvalue weighted by molar-refractivity contribution is 0.0697. The van der Waals surface area contributed by atoms with Gasteiger partial charge in [0.25, 0.3) is 0 Å². The predicted octanol–water partition coefficient (Wildman–Crippen LogP) is 2.64. The Morgan fingerprint density at radius 1 is 1.53 bits per heavy atom. The van der Waals surface area contributed by atoms with Gasteiger partial charge in [0.05, 0.1) is 10.6 Å². The molecule has 6 heteroatoms. The van der Waals surface area contributed by atoms with Crippen LogP contribution < -0.4 is 5.32 Å². The first-order chi connectivity index (χ1) is 8.87. The Labute approximate surface area is 117 Å². The molecule has 106 valence electrons. The van der Waals surface area contributed by atoms with Crippen LogP contribution in [0.4, 0.5) is 5.82 Å². The largest absolute Gasteiger partial charge is 0.478 e. The van der Waals surface area contributed by atoms with E-state index in [1.807, 2.05) is 0 Å². The highest BCUT2D eigenvalue weighted by molar-refractivity contribution is 6.35. The number of hydrogen-bond donors (Lipinski definition) is 3. The molecule has 5 nitrogen and oxygen atoms in total. The number of halogens is 1. The fourth-order valence-corrected chi connectivity index (χ4v) is 1.96. The molecular weight excluding hydrogens is 268 g/mol. The third-order valence-electron chi connectivity index (χ3n) is 2.87. The normalized spacial score (nSPS) is 11.4. The van der Waals surface area contributed by atoms with Crippen LogP contribution in [0.5, 0.6) is 0 Å². The van der Waals surface area contributed by atoms with Crippen molar-refractivity contribution in [3.8, 4) is 0 Å². The third kappa shape index (κ3) is 4.69. The monoisotopic (exact) mass is 286 g/mol. The molecule has 0 radical (unpaired) electrons. The maximum atomic E-state index is 10.9. The highest BCUT2D eigenvalue weighted by Crippen LogP contribution is 2.27. The van der Waals surface area contributed by atoms with Crippen LogP contribution in [-0.2, 0) is 0 Å². The van der Waals surface area contributed by atoms with Crippen LogP contribution >= 0.6 is 11.6 Å². The van der Waals surface area contributed by atoms with Crippen molar-refractivity contribution < 1.29 is 15.0 Å². The number of rotatable bonds is 7. The first-order valence-electron chi connectivity index (χ1n) is 6.10. The lowest BCUT2D eigenvalue weighted by Gasteiger charge is -2.25. The summed E-state index contributed by atoms with van der Waals surface area (Å²) in [4.78, 5) is 15.0. The minimum absolute atomic E-state index is 0.0346. The van der Waals surface area contributed by atoms with E-state index in [4.69, 9.17) is 21.8 Å². The molecule has 0 spiro atoms. The van der Waals surface area contributed by atoms with Crippen molar-refractivity contribution in [1.82, 2.24) is 4.98 Å². The Morgan fingerprint density at radius 3 is 2.79 bits per heavy atom. The number of anilines is 1. The number of carbonyl (C=O) groups is 1. The van der Waals surface area contributed by atoms with Crippen molar-refractivity contribution in [2.24, 2.45) is 5.41 Å². The number of nitrogens with zero attached hydrogens (tertiary/aromatic N) is 1. The maximum absolute atomic E-state index is 10.9. The van der Waals surface area contributed by atoms with Gasteiger partial charge in [-0.3, -0.25) is 0 Å².